The van der Waals surface area contributed by atoms with Crippen LogP contribution in [0.1, 0.15) is 43.6 Å². The second-order valence-electron chi connectivity index (χ2n) is 6.19. The topological polar surface area (TPSA) is 30.5 Å². The molecule has 2 rings (SSSR count). The molecule has 0 aromatic heterocycles. The average molecular weight is 263 g/mol. The van der Waals surface area contributed by atoms with E-state index in [0.29, 0.717) is 0 Å². The molecule has 0 spiro atoms. The van der Waals surface area contributed by atoms with E-state index in [0.717, 1.165) is 25.4 Å². The molecule has 1 N–H and O–H groups in total. The van der Waals surface area contributed by atoms with Crippen molar-refractivity contribution in [1.29, 1.82) is 0 Å². The van der Waals surface area contributed by atoms with Gasteiger partial charge in [-0.15, -0.1) is 0 Å². The van der Waals surface area contributed by atoms with Crippen LogP contribution in [0.25, 0.3) is 0 Å². The standard InChI is InChI=1S/C16H25NO2/c1-11-6-7-12(16(2,3)4)15(18-5)14(11)13-10-17-8-9-19-13/h6-7,13,17H,8-10H2,1-5H3. The largest absolute Gasteiger partial charge is 0.496 e. The summed E-state index contributed by atoms with van der Waals surface area (Å²) in [5.41, 5.74) is 3.74. The van der Waals surface area contributed by atoms with Crippen molar-refractivity contribution in [3.8, 4) is 5.75 Å². The van der Waals surface area contributed by atoms with E-state index in [9.17, 15) is 0 Å². The predicted molar refractivity (Wildman–Crippen MR) is 78.0 cm³/mol. The molecular formula is C16H25NO2. The highest BCUT2D eigenvalue weighted by Crippen LogP contribution is 2.39. The number of hydrogen-bond acceptors (Lipinski definition) is 3. The van der Waals surface area contributed by atoms with Crippen LogP contribution in [0.3, 0.4) is 0 Å². The van der Waals surface area contributed by atoms with Crippen molar-refractivity contribution < 1.29 is 9.47 Å². The van der Waals surface area contributed by atoms with E-state index in [-0.39, 0.29) is 11.5 Å². The summed E-state index contributed by atoms with van der Waals surface area (Å²) in [7, 11) is 1.75. The van der Waals surface area contributed by atoms with E-state index in [1.54, 1.807) is 7.11 Å². The van der Waals surface area contributed by atoms with Crippen LogP contribution in [0.5, 0.6) is 5.75 Å². The fourth-order valence-electron chi connectivity index (χ4n) is 2.66. The molecule has 1 fully saturated rings. The van der Waals surface area contributed by atoms with E-state index in [1.165, 1.54) is 16.7 Å². The number of aryl methyl sites for hydroxylation is 1. The van der Waals surface area contributed by atoms with Gasteiger partial charge in [0.1, 0.15) is 5.75 Å². The third-order valence-electron chi connectivity index (χ3n) is 3.68. The van der Waals surface area contributed by atoms with E-state index in [2.05, 4.69) is 45.1 Å². The van der Waals surface area contributed by atoms with Crippen LogP contribution in [0.15, 0.2) is 12.1 Å². The summed E-state index contributed by atoms with van der Waals surface area (Å²) in [6, 6.07) is 4.35. The fraction of sp³-hybridized carbons (Fsp3) is 0.625. The maximum absolute atomic E-state index is 5.91. The SMILES string of the molecule is COc1c(C(C)(C)C)ccc(C)c1C1CNCCO1. The maximum Gasteiger partial charge on any atom is 0.128 e. The van der Waals surface area contributed by atoms with Gasteiger partial charge in [-0.1, -0.05) is 32.9 Å². The van der Waals surface area contributed by atoms with Gasteiger partial charge in [-0.3, -0.25) is 0 Å². The highest BCUT2D eigenvalue weighted by atomic mass is 16.5. The summed E-state index contributed by atoms with van der Waals surface area (Å²) < 4.78 is 11.6. The van der Waals surface area contributed by atoms with Crippen LogP contribution in [0, 0.1) is 6.92 Å². The molecule has 106 valence electrons. The molecule has 0 aliphatic carbocycles. The van der Waals surface area contributed by atoms with E-state index < -0.39 is 0 Å². The number of benzene rings is 1. The Morgan fingerprint density at radius 2 is 2.05 bits per heavy atom. The second-order valence-corrected chi connectivity index (χ2v) is 6.19. The summed E-state index contributed by atoms with van der Waals surface area (Å²) in [5, 5.41) is 3.39. The first-order valence-corrected chi connectivity index (χ1v) is 6.95. The van der Waals surface area contributed by atoms with Crippen molar-refractivity contribution >= 4 is 0 Å². The lowest BCUT2D eigenvalue weighted by Gasteiger charge is -2.30. The van der Waals surface area contributed by atoms with Crippen molar-refractivity contribution in [1.82, 2.24) is 5.32 Å². The first-order valence-electron chi connectivity index (χ1n) is 6.95. The zero-order chi connectivity index (χ0) is 14.0. The molecule has 3 nitrogen and oxygen atoms in total. The molecule has 0 saturated carbocycles. The fourth-order valence-corrected chi connectivity index (χ4v) is 2.66. The van der Waals surface area contributed by atoms with Gasteiger partial charge in [-0.05, 0) is 23.5 Å². The quantitative estimate of drug-likeness (QED) is 0.890. The minimum atomic E-state index is 0.0654. The highest BCUT2D eigenvalue weighted by molar-refractivity contribution is 5.50. The molecule has 1 atom stereocenters. The molecule has 3 heteroatoms. The summed E-state index contributed by atoms with van der Waals surface area (Å²) in [6.07, 6.45) is 0.0889. The van der Waals surface area contributed by atoms with Crippen molar-refractivity contribution in [3.63, 3.8) is 0 Å². The molecule has 0 amide bonds. The third kappa shape index (κ3) is 2.93. The Balaban J connectivity index is 2.51. The highest BCUT2D eigenvalue weighted by Gasteiger charge is 2.27. The van der Waals surface area contributed by atoms with Crippen molar-refractivity contribution in [2.45, 2.75) is 39.2 Å². The molecule has 1 saturated heterocycles. The lowest BCUT2D eigenvalue weighted by Crippen LogP contribution is -2.34. The number of morpholine rings is 1. The van der Waals surface area contributed by atoms with Crippen molar-refractivity contribution in [2.75, 3.05) is 26.8 Å². The maximum atomic E-state index is 5.91. The smallest absolute Gasteiger partial charge is 0.128 e. The van der Waals surface area contributed by atoms with Gasteiger partial charge in [-0.25, -0.2) is 0 Å². The van der Waals surface area contributed by atoms with Gasteiger partial charge < -0.3 is 14.8 Å². The van der Waals surface area contributed by atoms with Crippen LogP contribution in [-0.4, -0.2) is 26.8 Å². The molecule has 1 unspecified atom stereocenters. The summed E-state index contributed by atoms with van der Waals surface area (Å²) in [6.45, 7) is 11.3. The Hall–Kier alpha value is -1.06. The summed E-state index contributed by atoms with van der Waals surface area (Å²) in [5.74, 6) is 0.987. The molecular weight excluding hydrogens is 238 g/mol. The molecule has 1 aromatic carbocycles. The molecule has 19 heavy (non-hydrogen) atoms. The molecule has 1 aliphatic rings. The Kier molecular flexibility index (Phi) is 4.16. The lowest BCUT2D eigenvalue weighted by molar-refractivity contribution is 0.0257. The zero-order valence-corrected chi connectivity index (χ0v) is 12.7. The van der Waals surface area contributed by atoms with Crippen molar-refractivity contribution in [3.05, 3.63) is 28.8 Å². The Bertz CT molecular complexity index is 443. The number of hydrogen-bond donors (Lipinski definition) is 1. The molecule has 1 heterocycles. The first-order chi connectivity index (χ1) is 8.95. The summed E-state index contributed by atoms with van der Waals surface area (Å²) in [4.78, 5) is 0. The Morgan fingerprint density at radius 3 is 2.58 bits per heavy atom. The first kappa shape index (κ1) is 14.4. The van der Waals surface area contributed by atoms with Gasteiger partial charge in [-0.2, -0.15) is 0 Å². The third-order valence-corrected chi connectivity index (χ3v) is 3.68. The molecule has 0 bridgehead atoms. The van der Waals surface area contributed by atoms with Crippen LogP contribution < -0.4 is 10.1 Å². The Labute approximate surface area is 116 Å². The average Bonchev–Trinajstić information content (AvgIpc) is 2.37. The second kappa shape index (κ2) is 5.51. The van der Waals surface area contributed by atoms with Crippen molar-refractivity contribution in [2.24, 2.45) is 0 Å². The predicted octanol–water partition coefficient (Wildman–Crippen LogP) is 2.96. The van der Waals surface area contributed by atoms with Gasteiger partial charge in [0.05, 0.1) is 19.8 Å². The monoisotopic (exact) mass is 263 g/mol. The lowest BCUT2D eigenvalue weighted by atomic mass is 9.83. The molecule has 1 aliphatic heterocycles. The number of methoxy groups -OCH3 is 1. The van der Waals surface area contributed by atoms with Gasteiger partial charge in [0.2, 0.25) is 0 Å². The van der Waals surface area contributed by atoms with Gasteiger partial charge in [0, 0.05) is 18.7 Å². The van der Waals surface area contributed by atoms with Gasteiger partial charge in [0.15, 0.2) is 0 Å². The van der Waals surface area contributed by atoms with Gasteiger partial charge in [0.25, 0.3) is 0 Å². The number of ether oxygens (including phenoxy) is 2. The van der Waals surface area contributed by atoms with Crippen LogP contribution in [-0.2, 0) is 10.2 Å². The zero-order valence-electron chi connectivity index (χ0n) is 12.7. The van der Waals surface area contributed by atoms with Gasteiger partial charge >= 0.3 is 0 Å². The molecule has 1 aromatic rings. The van der Waals surface area contributed by atoms with Crippen LogP contribution >= 0.6 is 0 Å². The van der Waals surface area contributed by atoms with Crippen LogP contribution in [0.2, 0.25) is 0 Å². The minimum absolute atomic E-state index is 0.0654. The normalized spacial score (nSPS) is 20.4. The molecule has 0 radical (unpaired) electrons. The number of nitrogens with one attached hydrogen (secondary N) is 1. The van der Waals surface area contributed by atoms with E-state index >= 15 is 0 Å². The van der Waals surface area contributed by atoms with E-state index in [4.69, 9.17) is 9.47 Å². The van der Waals surface area contributed by atoms with Crippen LogP contribution in [0.4, 0.5) is 0 Å². The summed E-state index contributed by atoms with van der Waals surface area (Å²) >= 11 is 0. The van der Waals surface area contributed by atoms with E-state index in [1.807, 2.05) is 0 Å². The Morgan fingerprint density at radius 1 is 1.32 bits per heavy atom. The number of rotatable bonds is 2. The minimum Gasteiger partial charge on any atom is -0.496 e.